The lowest BCUT2D eigenvalue weighted by Crippen LogP contribution is -2.60. The quantitative estimate of drug-likeness (QED) is 0.514. The summed E-state index contributed by atoms with van der Waals surface area (Å²) in [6.07, 6.45) is 2.28. The highest BCUT2D eigenvalue weighted by atomic mass is 16.6. The van der Waals surface area contributed by atoms with Crippen LogP contribution in [0.2, 0.25) is 0 Å². The molecule has 4 nitrogen and oxygen atoms in total. The number of carbonyl (C=O) groups excluding carboxylic acids is 1. The summed E-state index contributed by atoms with van der Waals surface area (Å²) in [5.74, 6) is -0.965. The van der Waals surface area contributed by atoms with Crippen LogP contribution in [0.15, 0.2) is 12.2 Å². The van der Waals surface area contributed by atoms with Gasteiger partial charge in [-0.1, -0.05) is 19.9 Å². The van der Waals surface area contributed by atoms with Crippen molar-refractivity contribution in [3.8, 4) is 0 Å². The molecule has 0 aromatic heterocycles. The fourth-order valence-corrected chi connectivity index (χ4v) is 4.83. The van der Waals surface area contributed by atoms with Crippen LogP contribution in [0.3, 0.4) is 0 Å². The van der Waals surface area contributed by atoms with Crippen LogP contribution in [0, 0.1) is 17.3 Å². The average Bonchev–Trinajstić information content (AvgIpc) is 2.51. The molecule has 1 heterocycles. The minimum Gasteiger partial charge on any atom is -0.458 e. The first-order chi connectivity index (χ1) is 8.76. The predicted molar refractivity (Wildman–Crippen MR) is 69.2 cm³/mol. The Labute approximate surface area is 113 Å². The Bertz CT molecular complexity index is 441. The second kappa shape index (κ2) is 3.83. The normalized spacial score (nSPS) is 53.5. The lowest BCUT2D eigenvalue weighted by Gasteiger charge is -2.56. The van der Waals surface area contributed by atoms with Gasteiger partial charge in [0.25, 0.3) is 0 Å². The Balaban J connectivity index is 2.01. The molecule has 2 saturated carbocycles. The first kappa shape index (κ1) is 13.1. The number of hydrogen-bond donors (Lipinski definition) is 2. The van der Waals surface area contributed by atoms with Crippen LogP contribution in [-0.2, 0) is 9.53 Å². The number of rotatable bonds is 0. The van der Waals surface area contributed by atoms with E-state index in [0.29, 0.717) is 18.4 Å². The second-order valence-corrected chi connectivity index (χ2v) is 7.03. The van der Waals surface area contributed by atoms with E-state index in [1.54, 1.807) is 6.92 Å². The van der Waals surface area contributed by atoms with Gasteiger partial charge in [0.15, 0.2) is 0 Å². The van der Waals surface area contributed by atoms with E-state index < -0.39 is 17.7 Å². The van der Waals surface area contributed by atoms with E-state index in [9.17, 15) is 15.0 Å². The molecule has 106 valence electrons. The zero-order valence-corrected chi connectivity index (χ0v) is 11.6. The molecule has 6 atom stereocenters. The summed E-state index contributed by atoms with van der Waals surface area (Å²) in [6, 6.07) is 0. The summed E-state index contributed by atoms with van der Waals surface area (Å²) in [5, 5.41) is 21.4. The molecule has 1 aliphatic heterocycles. The van der Waals surface area contributed by atoms with Crippen LogP contribution in [0.5, 0.6) is 0 Å². The second-order valence-electron chi connectivity index (χ2n) is 7.03. The summed E-state index contributed by atoms with van der Waals surface area (Å²) in [6.45, 7) is 7.66. The molecule has 0 bridgehead atoms. The monoisotopic (exact) mass is 266 g/mol. The SMILES string of the molecule is C=C1C(=O)O[C@@H]2C[C@@]3(C)CCC[C@@](C)(O)[C@@H]3C(O)[C@H]12. The molecule has 0 aromatic rings. The van der Waals surface area contributed by atoms with E-state index in [2.05, 4.69) is 13.5 Å². The molecule has 3 rings (SSSR count). The van der Waals surface area contributed by atoms with Crippen LogP contribution in [-0.4, -0.2) is 34.0 Å². The Hall–Kier alpha value is -0.870. The highest BCUT2D eigenvalue weighted by Crippen LogP contribution is 2.58. The van der Waals surface area contributed by atoms with Gasteiger partial charge in [0, 0.05) is 11.5 Å². The van der Waals surface area contributed by atoms with Crippen LogP contribution < -0.4 is 0 Å². The van der Waals surface area contributed by atoms with E-state index >= 15 is 0 Å². The van der Waals surface area contributed by atoms with Crippen molar-refractivity contribution >= 4 is 5.97 Å². The van der Waals surface area contributed by atoms with Crippen LogP contribution in [0.1, 0.15) is 39.5 Å². The van der Waals surface area contributed by atoms with E-state index in [0.717, 1.165) is 12.8 Å². The van der Waals surface area contributed by atoms with Crippen molar-refractivity contribution in [1.29, 1.82) is 0 Å². The van der Waals surface area contributed by atoms with Crippen molar-refractivity contribution < 1.29 is 19.7 Å². The highest BCUT2D eigenvalue weighted by molar-refractivity contribution is 5.91. The lowest BCUT2D eigenvalue weighted by molar-refractivity contribution is -0.194. The van der Waals surface area contributed by atoms with E-state index in [4.69, 9.17) is 4.74 Å². The summed E-state index contributed by atoms with van der Waals surface area (Å²) >= 11 is 0. The topological polar surface area (TPSA) is 66.8 Å². The van der Waals surface area contributed by atoms with Crippen LogP contribution >= 0.6 is 0 Å². The van der Waals surface area contributed by atoms with Crippen molar-refractivity contribution in [2.45, 2.75) is 57.3 Å². The predicted octanol–water partition coefficient (Wildman–Crippen LogP) is 1.41. The number of carbonyl (C=O) groups is 1. The summed E-state index contributed by atoms with van der Waals surface area (Å²) in [4.78, 5) is 11.7. The summed E-state index contributed by atoms with van der Waals surface area (Å²) in [5.41, 5.74) is -0.697. The van der Waals surface area contributed by atoms with Gasteiger partial charge in [0.2, 0.25) is 0 Å². The molecule has 1 saturated heterocycles. The third kappa shape index (κ3) is 1.69. The smallest absolute Gasteiger partial charge is 0.334 e. The Morgan fingerprint density at radius 2 is 2.05 bits per heavy atom. The molecule has 1 unspecified atom stereocenters. The van der Waals surface area contributed by atoms with Gasteiger partial charge in [-0.3, -0.25) is 0 Å². The van der Waals surface area contributed by atoms with Gasteiger partial charge in [-0.25, -0.2) is 4.79 Å². The molecule has 19 heavy (non-hydrogen) atoms. The van der Waals surface area contributed by atoms with Crippen LogP contribution in [0.25, 0.3) is 0 Å². The maximum atomic E-state index is 11.7. The number of fused-ring (bicyclic) bond motifs is 2. The third-order valence-electron chi connectivity index (χ3n) is 5.55. The van der Waals surface area contributed by atoms with Crippen molar-refractivity contribution in [3.63, 3.8) is 0 Å². The maximum Gasteiger partial charge on any atom is 0.334 e. The van der Waals surface area contributed by atoms with Crippen molar-refractivity contribution in [3.05, 3.63) is 12.2 Å². The van der Waals surface area contributed by atoms with Gasteiger partial charge in [-0.05, 0) is 31.6 Å². The van der Waals surface area contributed by atoms with Gasteiger partial charge in [-0.2, -0.15) is 0 Å². The first-order valence-electron chi connectivity index (χ1n) is 7.06. The summed E-state index contributed by atoms with van der Waals surface area (Å²) < 4.78 is 5.35. The molecule has 0 amide bonds. The molecular formula is C15H22O4. The minimum absolute atomic E-state index is 0.173. The number of aliphatic hydroxyl groups excluding tert-OH is 1. The first-order valence-corrected chi connectivity index (χ1v) is 7.06. The summed E-state index contributed by atoms with van der Waals surface area (Å²) in [7, 11) is 0. The molecule has 4 heteroatoms. The standard InChI is InChI=1S/C15H22O4/c1-8-10-9(19-13(8)17)7-14(2)5-4-6-15(3,18)12(14)11(10)16/h9-12,16,18H,1,4-7H2,2-3H3/t9-,10-,11?,12-,14-,15-/m1/s1. The van der Waals surface area contributed by atoms with Crippen LogP contribution in [0.4, 0.5) is 0 Å². The van der Waals surface area contributed by atoms with Gasteiger partial charge in [0.05, 0.1) is 17.6 Å². The molecule has 2 aliphatic carbocycles. The van der Waals surface area contributed by atoms with Crippen molar-refractivity contribution in [2.75, 3.05) is 0 Å². The fraction of sp³-hybridized carbons (Fsp3) is 0.800. The minimum atomic E-state index is -0.886. The van der Waals surface area contributed by atoms with E-state index in [1.165, 1.54) is 0 Å². The highest BCUT2D eigenvalue weighted by Gasteiger charge is 2.61. The number of aliphatic hydroxyl groups is 2. The zero-order valence-electron chi connectivity index (χ0n) is 11.6. The van der Waals surface area contributed by atoms with Crippen molar-refractivity contribution in [2.24, 2.45) is 17.3 Å². The maximum absolute atomic E-state index is 11.7. The molecule has 3 fully saturated rings. The zero-order chi connectivity index (χ0) is 14.0. The molecule has 0 spiro atoms. The fourth-order valence-electron chi connectivity index (χ4n) is 4.83. The number of esters is 1. The lowest BCUT2D eigenvalue weighted by atomic mass is 9.51. The Kier molecular flexibility index (Phi) is 2.64. The number of ether oxygens (including phenoxy) is 1. The molecule has 2 N–H and O–H groups in total. The number of hydrogen-bond acceptors (Lipinski definition) is 4. The average molecular weight is 266 g/mol. The molecule has 3 aliphatic rings. The third-order valence-corrected chi connectivity index (χ3v) is 5.55. The van der Waals surface area contributed by atoms with E-state index in [-0.39, 0.29) is 23.4 Å². The Morgan fingerprint density at radius 1 is 1.37 bits per heavy atom. The van der Waals surface area contributed by atoms with Gasteiger partial charge in [0.1, 0.15) is 6.10 Å². The molecule has 0 radical (unpaired) electrons. The van der Waals surface area contributed by atoms with Gasteiger partial charge < -0.3 is 14.9 Å². The van der Waals surface area contributed by atoms with Gasteiger partial charge in [-0.15, -0.1) is 0 Å². The Morgan fingerprint density at radius 3 is 2.74 bits per heavy atom. The largest absolute Gasteiger partial charge is 0.458 e. The molecular weight excluding hydrogens is 244 g/mol. The van der Waals surface area contributed by atoms with Crippen molar-refractivity contribution in [1.82, 2.24) is 0 Å². The molecule has 0 aromatic carbocycles. The van der Waals surface area contributed by atoms with Gasteiger partial charge >= 0.3 is 5.97 Å². The van der Waals surface area contributed by atoms with E-state index in [1.807, 2.05) is 0 Å².